The molecule has 167 valence electrons. The topological polar surface area (TPSA) is 27.7 Å². The van der Waals surface area contributed by atoms with E-state index >= 15 is 0 Å². The molecule has 0 saturated heterocycles. The molecular formula is C12H22F9O3Si4. The molecule has 0 bridgehead atoms. The van der Waals surface area contributed by atoms with Crippen molar-refractivity contribution in [1.82, 2.24) is 0 Å². The van der Waals surface area contributed by atoms with Crippen LogP contribution in [0.3, 0.4) is 0 Å². The van der Waals surface area contributed by atoms with Gasteiger partial charge in [0.05, 0.1) is 0 Å². The highest BCUT2D eigenvalue weighted by atomic mass is 28.5. The molecule has 0 heterocycles. The molecular weight excluding hydrogens is 475 g/mol. The minimum Gasteiger partial charge on any atom is -0.416 e. The zero-order valence-corrected chi connectivity index (χ0v) is 20.0. The van der Waals surface area contributed by atoms with Crippen LogP contribution in [0.4, 0.5) is 39.5 Å². The van der Waals surface area contributed by atoms with E-state index in [1.165, 1.54) is 0 Å². The summed E-state index contributed by atoms with van der Waals surface area (Å²) in [7, 11) is -8.93. The lowest BCUT2D eigenvalue weighted by Crippen LogP contribution is -2.61. The van der Waals surface area contributed by atoms with Crippen LogP contribution in [0.5, 0.6) is 0 Å². The van der Waals surface area contributed by atoms with E-state index in [2.05, 4.69) is 0 Å². The predicted molar refractivity (Wildman–Crippen MR) is 91.8 cm³/mol. The average molecular weight is 498 g/mol. The van der Waals surface area contributed by atoms with Gasteiger partial charge in [0.1, 0.15) is 0 Å². The summed E-state index contributed by atoms with van der Waals surface area (Å²) in [6, 6.07) is -1.01. The Labute approximate surface area is 164 Å². The normalized spacial score (nSPS) is 15.2. The Morgan fingerprint density at radius 2 is 0.929 bits per heavy atom. The fourth-order valence-electron chi connectivity index (χ4n) is 2.02. The highest BCUT2D eigenvalue weighted by Crippen LogP contribution is 2.54. The highest BCUT2D eigenvalue weighted by molar-refractivity contribution is 6.79. The first-order chi connectivity index (χ1) is 12.2. The minimum atomic E-state index is -6.91. The molecule has 0 rings (SSSR count). The van der Waals surface area contributed by atoms with E-state index in [4.69, 9.17) is 12.3 Å². The zero-order valence-electron chi connectivity index (χ0n) is 16.0. The Balaban J connectivity index is 5.83. The van der Waals surface area contributed by atoms with E-state index in [1.807, 2.05) is 0 Å². The summed E-state index contributed by atoms with van der Waals surface area (Å²) in [5.41, 5.74) is 0. The van der Waals surface area contributed by atoms with Crippen molar-refractivity contribution in [2.75, 3.05) is 0 Å². The Morgan fingerprint density at radius 1 is 0.607 bits per heavy atom. The third-order valence-electron chi connectivity index (χ3n) is 3.03. The zero-order chi connectivity index (χ0) is 22.8. The van der Waals surface area contributed by atoms with Crippen LogP contribution in [0.15, 0.2) is 0 Å². The third kappa shape index (κ3) is 6.83. The van der Waals surface area contributed by atoms with E-state index in [1.54, 1.807) is 39.3 Å². The van der Waals surface area contributed by atoms with Crippen LogP contribution in [0.25, 0.3) is 0 Å². The van der Waals surface area contributed by atoms with Crippen molar-refractivity contribution < 1.29 is 51.9 Å². The lowest BCUT2D eigenvalue weighted by Gasteiger charge is -2.37. The molecule has 0 saturated carbocycles. The average Bonchev–Trinajstić information content (AvgIpc) is 2.41. The second-order valence-corrected chi connectivity index (χ2v) is 16.3. The second kappa shape index (κ2) is 9.50. The van der Waals surface area contributed by atoms with Crippen LogP contribution in [-0.4, -0.2) is 59.9 Å². The van der Waals surface area contributed by atoms with E-state index in [0.717, 1.165) is 0 Å². The maximum absolute atomic E-state index is 13.9. The molecule has 16 heteroatoms. The molecule has 28 heavy (non-hydrogen) atoms. The Bertz CT molecular complexity index is 475. The summed E-state index contributed by atoms with van der Waals surface area (Å²) in [6.45, 7) is 9.58. The van der Waals surface area contributed by atoms with Crippen LogP contribution >= 0.6 is 0 Å². The fraction of sp³-hybridized carbons (Fsp3) is 1.00. The molecule has 0 atom stereocenters. The van der Waals surface area contributed by atoms with Gasteiger partial charge < -0.3 is 12.3 Å². The Morgan fingerprint density at radius 3 is 1.18 bits per heavy atom. The van der Waals surface area contributed by atoms with E-state index in [9.17, 15) is 39.5 Å². The van der Waals surface area contributed by atoms with Gasteiger partial charge in [-0.15, -0.1) is 0 Å². The van der Waals surface area contributed by atoms with E-state index in [0.29, 0.717) is 0 Å². The largest absolute Gasteiger partial charge is 0.469 e. The lowest BCUT2D eigenvalue weighted by molar-refractivity contribution is -0.396. The number of rotatable bonds is 11. The number of halogens is 9. The maximum atomic E-state index is 13.9. The van der Waals surface area contributed by atoms with Crippen molar-refractivity contribution >= 4 is 35.9 Å². The second-order valence-electron chi connectivity index (χ2n) is 6.56. The van der Waals surface area contributed by atoms with Crippen LogP contribution in [0, 0.1) is 0 Å². The smallest absolute Gasteiger partial charge is 0.416 e. The van der Waals surface area contributed by atoms with Crippen molar-refractivity contribution in [1.29, 1.82) is 0 Å². The van der Waals surface area contributed by atoms with E-state index < -0.39 is 72.3 Å². The first kappa shape index (κ1) is 28.1. The first-order valence-electron chi connectivity index (χ1n) is 7.88. The van der Waals surface area contributed by atoms with E-state index in [-0.39, 0.29) is 0 Å². The van der Waals surface area contributed by atoms with Gasteiger partial charge in [-0.1, -0.05) is 0 Å². The molecule has 0 aliphatic heterocycles. The van der Waals surface area contributed by atoms with Gasteiger partial charge in [0.15, 0.2) is 27.1 Å². The molecule has 0 N–H and O–H groups in total. The molecule has 0 aromatic rings. The molecule has 0 aromatic heterocycles. The molecule has 0 fully saturated rings. The van der Waals surface area contributed by atoms with Gasteiger partial charge in [-0.05, 0) is 39.3 Å². The third-order valence-corrected chi connectivity index (χ3v) is 12.5. The van der Waals surface area contributed by atoms with Gasteiger partial charge in [0, 0.05) is 12.5 Å². The number of alkyl halides is 9. The molecule has 3 radical (unpaired) electrons. The summed E-state index contributed by atoms with van der Waals surface area (Å²) in [5.74, 6) is -19.2. The van der Waals surface area contributed by atoms with Crippen molar-refractivity contribution in [2.45, 2.75) is 75.7 Å². The van der Waals surface area contributed by atoms with Gasteiger partial charge >= 0.3 is 32.7 Å². The molecule has 0 unspecified atom stereocenters. The van der Waals surface area contributed by atoms with Crippen molar-refractivity contribution in [3.8, 4) is 0 Å². The monoisotopic (exact) mass is 497 g/mol. The Kier molecular flexibility index (Phi) is 9.54. The van der Waals surface area contributed by atoms with Crippen LogP contribution in [0.1, 0.15) is 6.42 Å². The molecule has 0 aliphatic carbocycles. The maximum Gasteiger partial charge on any atom is 0.469 e. The van der Waals surface area contributed by atoms with Crippen LogP contribution in [0.2, 0.25) is 45.3 Å². The van der Waals surface area contributed by atoms with Crippen molar-refractivity contribution in [3.63, 3.8) is 0 Å². The number of hydrogen-bond acceptors (Lipinski definition) is 3. The summed E-state index contributed by atoms with van der Waals surface area (Å²) >= 11 is 0. The van der Waals surface area contributed by atoms with Gasteiger partial charge in [0.25, 0.3) is 0 Å². The molecule has 0 aromatic carbocycles. The highest BCUT2D eigenvalue weighted by Gasteiger charge is 2.81. The van der Waals surface area contributed by atoms with Gasteiger partial charge in [-0.2, -0.15) is 39.5 Å². The SMILES string of the molecule is C[Si](C)O[Si](CCC(F)(F)C(F)(F)C(F)(F)C(F)(F)F)(O[Si](C)C)O[Si](C)C. The first-order valence-corrected chi connectivity index (χ1v) is 17.0. The standard InChI is InChI=1S/C12H22F9O3Si4/c1-25(2)22-28(23-26(3)4,24-27(5)6)8-7-9(13,14)10(15,16)11(17,18)12(19,20)21/h7-8H2,1-6H3. The Hall–Kier alpha value is 0.118. The van der Waals surface area contributed by atoms with Gasteiger partial charge in [-0.25, -0.2) is 0 Å². The van der Waals surface area contributed by atoms with Crippen molar-refractivity contribution in [3.05, 3.63) is 0 Å². The molecule has 0 aliphatic rings. The molecule has 3 nitrogen and oxygen atoms in total. The van der Waals surface area contributed by atoms with Crippen LogP contribution < -0.4 is 0 Å². The fourth-order valence-corrected chi connectivity index (χ4v) is 13.0. The minimum absolute atomic E-state index is 1.01. The summed E-state index contributed by atoms with van der Waals surface area (Å²) in [6.07, 6.45) is -8.84. The van der Waals surface area contributed by atoms with Crippen molar-refractivity contribution in [2.24, 2.45) is 0 Å². The predicted octanol–water partition coefficient (Wildman–Crippen LogP) is 5.59. The summed E-state index contributed by atoms with van der Waals surface area (Å²) < 4.78 is 134. The quantitative estimate of drug-likeness (QED) is 0.275. The number of hydrogen-bond donors (Lipinski definition) is 0. The van der Waals surface area contributed by atoms with Crippen LogP contribution in [-0.2, 0) is 12.3 Å². The lowest BCUT2D eigenvalue weighted by atomic mass is 10.0. The molecule has 0 amide bonds. The van der Waals surface area contributed by atoms with Gasteiger partial charge in [-0.3, -0.25) is 0 Å². The van der Waals surface area contributed by atoms with Gasteiger partial charge in [0.2, 0.25) is 0 Å². The molecule has 0 spiro atoms. The summed E-state index contributed by atoms with van der Waals surface area (Å²) in [4.78, 5) is 0. The summed E-state index contributed by atoms with van der Waals surface area (Å²) in [5, 5.41) is 0.